The predicted octanol–water partition coefficient (Wildman–Crippen LogP) is 2.36. The average molecular weight is 256 g/mol. The lowest BCUT2D eigenvalue weighted by Crippen LogP contribution is -2.36. The summed E-state index contributed by atoms with van der Waals surface area (Å²) < 4.78 is 0. The first-order valence-electron chi connectivity index (χ1n) is 5.58. The summed E-state index contributed by atoms with van der Waals surface area (Å²) in [4.78, 5) is 15.8. The third kappa shape index (κ3) is 4.32. The first-order chi connectivity index (χ1) is 7.90. The summed E-state index contributed by atoms with van der Waals surface area (Å²) >= 11 is 5.88. The number of pyridine rings is 1. The normalized spacial score (nSPS) is 12.6. The van der Waals surface area contributed by atoms with Gasteiger partial charge in [-0.3, -0.25) is 4.79 Å². The molecule has 0 radical (unpaired) electrons. The third-order valence-corrected chi connectivity index (χ3v) is 2.60. The molecular weight excluding hydrogens is 238 g/mol. The van der Waals surface area contributed by atoms with Gasteiger partial charge in [0.1, 0.15) is 0 Å². The number of halogens is 1. The van der Waals surface area contributed by atoms with Gasteiger partial charge < -0.3 is 11.1 Å². The molecule has 94 valence electrons. The molecule has 1 amide bonds. The van der Waals surface area contributed by atoms with Crippen LogP contribution in [0.1, 0.15) is 25.8 Å². The van der Waals surface area contributed by atoms with E-state index in [1.807, 2.05) is 20.8 Å². The maximum Gasteiger partial charge on any atom is 0.241 e. The zero-order valence-electron chi connectivity index (χ0n) is 10.3. The predicted molar refractivity (Wildman–Crippen MR) is 70.0 cm³/mol. The lowest BCUT2D eigenvalue weighted by molar-refractivity contribution is -0.117. The van der Waals surface area contributed by atoms with Crippen LogP contribution in [0.15, 0.2) is 12.3 Å². The van der Waals surface area contributed by atoms with Crippen LogP contribution in [0.5, 0.6) is 0 Å². The fraction of sp³-hybridized carbons (Fsp3) is 0.500. The van der Waals surface area contributed by atoms with Crippen LogP contribution in [0, 0.1) is 12.8 Å². The number of nitrogens with two attached hydrogens (primary N) is 1. The van der Waals surface area contributed by atoms with Crippen molar-refractivity contribution in [3.8, 4) is 0 Å². The van der Waals surface area contributed by atoms with Gasteiger partial charge in [0.15, 0.2) is 5.15 Å². The second kappa shape index (κ2) is 5.98. The molecule has 3 N–H and O–H groups in total. The van der Waals surface area contributed by atoms with Crippen LogP contribution in [0.25, 0.3) is 0 Å². The number of nitrogens with one attached hydrogen (secondary N) is 1. The van der Waals surface area contributed by atoms with Crippen molar-refractivity contribution in [3.05, 3.63) is 23.0 Å². The quantitative estimate of drug-likeness (QED) is 0.812. The Balaban J connectivity index is 2.70. The fourth-order valence-electron chi connectivity index (χ4n) is 1.48. The number of amides is 1. The molecule has 0 aliphatic carbocycles. The molecule has 1 heterocycles. The van der Waals surface area contributed by atoms with Crippen molar-refractivity contribution in [2.45, 2.75) is 33.2 Å². The largest absolute Gasteiger partial charge is 0.322 e. The molecule has 5 heteroatoms. The molecule has 0 saturated carbocycles. The van der Waals surface area contributed by atoms with Gasteiger partial charge in [-0.2, -0.15) is 0 Å². The maximum atomic E-state index is 11.8. The van der Waals surface area contributed by atoms with E-state index in [-0.39, 0.29) is 11.1 Å². The molecule has 0 bridgehead atoms. The van der Waals surface area contributed by atoms with E-state index in [1.54, 1.807) is 12.3 Å². The van der Waals surface area contributed by atoms with Gasteiger partial charge >= 0.3 is 0 Å². The smallest absolute Gasteiger partial charge is 0.241 e. The van der Waals surface area contributed by atoms with Crippen molar-refractivity contribution in [1.29, 1.82) is 0 Å². The Kier molecular flexibility index (Phi) is 4.90. The summed E-state index contributed by atoms with van der Waals surface area (Å²) in [5, 5.41) is 2.98. The highest BCUT2D eigenvalue weighted by molar-refractivity contribution is 6.32. The third-order valence-electron chi connectivity index (χ3n) is 2.30. The number of aromatic nitrogens is 1. The molecule has 0 saturated heterocycles. The molecule has 17 heavy (non-hydrogen) atoms. The van der Waals surface area contributed by atoms with Gasteiger partial charge in [0.05, 0.1) is 11.7 Å². The van der Waals surface area contributed by atoms with Crippen LogP contribution >= 0.6 is 11.6 Å². The van der Waals surface area contributed by atoms with E-state index in [2.05, 4.69) is 10.3 Å². The van der Waals surface area contributed by atoms with Gasteiger partial charge in [0.2, 0.25) is 5.91 Å². The Morgan fingerprint density at radius 1 is 1.59 bits per heavy atom. The van der Waals surface area contributed by atoms with Gasteiger partial charge in [0, 0.05) is 6.20 Å². The van der Waals surface area contributed by atoms with Gasteiger partial charge in [0.25, 0.3) is 0 Å². The molecule has 0 aliphatic heterocycles. The standard InChI is InChI=1S/C12H18ClN3O/c1-7(2)4-9(14)12(17)16-10-5-8(3)6-15-11(10)13/h5-7,9H,4,14H2,1-3H3,(H,16,17). The topological polar surface area (TPSA) is 68.0 Å². The van der Waals surface area contributed by atoms with Crippen molar-refractivity contribution in [3.63, 3.8) is 0 Å². The lowest BCUT2D eigenvalue weighted by Gasteiger charge is -2.14. The van der Waals surface area contributed by atoms with E-state index >= 15 is 0 Å². The average Bonchev–Trinajstić information content (AvgIpc) is 2.22. The molecular formula is C12H18ClN3O. The number of carbonyl (C=O) groups is 1. The Labute approximate surface area is 107 Å². The minimum absolute atomic E-state index is 0.229. The molecule has 1 rings (SSSR count). The van der Waals surface area contributed by atoms with Crippen molar-refractivity contribution >= 4 is 23.2 Å². The van der Waals surface area contributed by atoms with Gasteiger partial charge in [-0.15, -0.1) is 0 Å². The first-order valence-corrected chi connectivity index (χ1v) is 5.96. The van der Waals surface area contributed by atoms with Gasteiger partial charge in [-0.05, 0) is 30.9 Å². The minimum Gasteiger partial charge on any atom is -0.322 e. The highest BCUT2D eigenvalue weighted by atomic mass is 35.5. The van der Waals surface area contributed by atoms with E-state index in [1.165, 1.54) is 0 Å². The van der Waals surface area contributed by atoms with Gasteiger partial charge in [-0.1, -0.05) is 25.4 Å². The van der Waals surface area contributed by atoms with Gasteiger partial charge in [-0.25, -0.2) is 4.98 Å². The highest BCUT2D eigenvalue weighted by Crippen LogP contribution is 2.20. The molecule has 0 spiro atoms. The van der Waals surface area contributed by atoms with E-state index in [0.29, 0.717) is 18.0 Å². The number of aryl methyl sites for hydroxylation is 1. The SMILES string of the molecule is Cc1cnc(Cl)c(NC(=O)C(N)CC(C)C)c1. The Bertz CT molecular complexity index is 407. The fourth-order valence-corrected chi connectivity index (χ4v) is 1.63. The van der Waals surface area contributed by atoms with E-state index < -0.39 is 6.04 Å². The molecule has 0 aromatic carbocycles. The Morgan fingerprint density at radius 2 is 2.24 bits per heavy atom. The van der Waals surface area contributed by atoms with Crippen LogP contribution in [0.3, 0.4) is 0 Å². The maximum absolute atomic E-state index is 11.8. The van der Waals surface area contributed by atoms with Crippen LogP contribution in [-0.2, 0) is 4.79 Å². The zero-order chi connectivity index (χ0) is 13.0. The molecule has 0 fully saturated rings. The minimum atomic E-state index is -0.522. The molecule has 4 nitrogen and oxygen atoms in total. The van der Waals surface area contributed by atoms with Crippen molar-refractivity contribution in [2.24, 2.45) is 11.7 Å². The van der Waals surface area contributed by atoms with Crippen molar-refractivity contribution < 1.29 is 4.79 Å². The number of hydrogen-bond donors (Lipinski definition) is 2. The second-order valence-corrected chi connectivity index (χ2v) is 4.93. The first kappa shape index (κ1) is 13.9. The summed E-state index contributed by atoms with van der Waals surface area (Å²) in [6.07, 6.45) is 2.29. The summed E-state index contributed by atoms with van der Waals surface area (Å²) in [7, 11) is 0. The second-order valence-electron chi connectivity index (χ2n) is 4.58. The number of anilines is 1. The van der Waals surface area contributed by atoms with Crippen LogP contribution < -0.4 is 11.1 Å². The Morgan fingerprint density at radius 3 is 2.82 bits per heavy atom. The molecule has 1 unspecified atom stereocenters. The highest BCUT2D eigenvalue weighted by Gasteiger charge is 2.16. The Hall–Kier alpha value is -1.13. The molecule has 0 aliphatic rings. The molecule has 1 aromatic rings. The van der Waals surface area contributed by atoms with Crippen molar-refractivity contribution in [2.75, 3.05) is 5.32 Å². The van der Waals surface area contributed by atoms with E-state index in [4.69, 9.17) is 17.3 Å². The number of carbonyl (C=O) groups excluding carboxylic acids is 1. The van der Waals surface area contributed by atoms with Crippen molar-refractivity contribution in [1.82, 2.24) is 4.98 Å². The molecule has 1 aromatic heterocycles. The van der Waals surface area contributed by atoms with E-state index in [9.17, 15) is 4.79 Å². The zero-order valence-corrected chi connectivity index (χ0v) is 11.1. The number of nitrogens with zero attached hydrogens (tertiary/aromatic N) is 1. The van der Waals surface area contributed by atoms with Crippen LogP contribution in [0.2, 0.25) is 5.15 Å². The number of rotatable bonds is 4. The molecule has 1 atom stereocenters. The van der Waals surface area contributed by atoms with Crippen LogP contribution in [-0.4, -0.2) is 16.9 Å². The lowest BCUT2D eigenvalue weighted by atomic mass is 10.0. The summed E-state index contributed by atoms with van der Waals surface area (Å²) in [5.41, 5.74) is 7.22. The monoisotopic (exact) mass is 255 g/mol. The summed E-state index contributed by atoms with van der Waals surface area (Å²) in [5.74, 6) is 0.148. The number of hydrogen-bond acceptors (Lipinski definition) is 3. The summed E-state index contributed by atoms with van der Waals surface area (Å²) in [6, 6.07) is 1.25. The summed E-state index contributed by atoms with van der Waals surface area (Å²) in [6.45, 7) is 5.93. The van der Waals surface area contributed by atoms with Crippen LogP contribution in [0.4, 0.5) is 5.69 Å². The van der Waals surface area contributed by atoms with E-state index in [0.717, 1.165) is 5.56 Å².